The van der Waals surface area contributed by atoms with Crippen molar-refractivity contribution in [3.8, 4) is 0 Å². The van der Waals surface area contributed by atoms with E-state index in [-0.39, 0.29) is 23.3 Å². The number of ether oxygens (including phenoxy) is 2. The topological polar surface area (TPSA) is 52.6 Å². The van der Waals surface area contributed by atoms with Crippen LogP contribution < -0.4 is 0 Å². The van der Waals surface area contributed by atoms with E-state index in [9.17, 15) is 9.59 Å². The maximum atomic E-state index is 12.1. The van der Waals surface area contributed by atoms with Gasteiger partial charge in [0.1, 0.15) is 11.7 Å². The molecule has 0 rings (SSSR count). The largest absolute Gasteiger partial charge is 0.458 e. The molecule has 0 saturated heterocycles. The molecule has 0 radical (unpaired) electrons. The van der Waals surface area contributed by atoms with Gasteiger partial charge >= 0.3 is 11.9 Å². The molecule has 0 aromatic rings. The van der Waals surface area contributed by atoms with Crippen molar-refractivity contribution in [3.63, 3.8) is 0 Å². The van der Waals surface area contributed by atoms with Gasteiger partial charge in [0, 0.05) is 11.8 Å². The fraction of sp³-hybridized carbons (Fsp3) is 0.889. The second-order valence-corrected chi connectivity index (χ2v) is 7.67. The van der Waals surface area contributed by atoms with Crippen molar-refractivity contribution in [2.24, 2.45) is 11.3 Å². The summed E-state index contributed by atoms with van der Waals surface area (Å²) in [6.07, 6.45) is 2.39. The molecule has 0 spiro atoms. The first-order chi connectivity index (χ1) is 9.95. The molecule has 0 aliphatic rings. The summed E-state index contributed by atoms with van der Waals surface area (Å²) in [4.78, 5) is 24.1. The van der Waals surface area contributed by atoms with E-state index in [2.05, 4.69) is 0 Å². The monoisotopic (exact) mass is 314 g/mol. The van der Waals surface area contributed by atoms with Crippen molar-refractivity contribution in [1.29, 1.82) is 0 Å². The van der Waals surface area contributed by atoms with Gasteiger partial charge in [0.25, 0.3) is 0 Å². The highest BCUT2D eigenvalue weighted by atomic mass is 16.6. The number of carbonyl (C=O) groups excluding carboxylic acids is 2. The SMILES string of the molecule is CCCCC(=O)OC(C(C)(C)C)C(C)(C)OC(=O)C(C)CC. The summed E-state index contributed by atoms with van der Waals surface area (Å²) >= 11 is 0. The van der Waals surface area contributed by atoms with Crippen molar-refractivity contribution < 1.29 is 19.1 Å². The summed E-state index contributed by atoms with van der Waals surface area (Å²) in [6.45, 7) is 15.4. The van der Waals surface area contributed by atoms with Crippen LogP contribution in [0.3, 0.4) is 0 Å². The third kappa shape index (κ3) is 6.80. The molecule has 0 amide bonds. The van der Waals surface area contributed by atoms with Gasteiger partial charge < -0.3 is 9.47 Å². The van der Waals surface area contributed by atoms with Crippen LogP contribution in [-0.4, -0.2) is 23.6 Å². The lowest BCUT2D eigenvalue weighted by molar-refractivity contribution is -0.196. The van der Waals surface area contributed by atoms with Gasteiger partial charge in [-0.3, -0.25) is 9.59 Å². The third-order valence-corrected chi connectivity index (χ3v) is 3.78. The summed E-state index contributed by atoms with van der Waals surface area (Å²) in [5, 5.41) is 0. The molecule has 4 heteroatoms. The first kappa shape index (κ1) is 20.9. The minimum atomic E-state index is -0.860. The van der Waals surface area contributed by atoms with E-state index < -0.39 is 11.7 Å². The second kappa shape index (κ2) is 8.54. The normalized spacial score (nSPS) is 15.1. The van der Waals surface area contributed by atoms with Crippen molar-refractivity contribution in [2.75, 3.05) is 0 Å². The number of rotatable bonds is 8. The lowest BCUT2D eigenvalue weighted by Gasteiger charge is -2.41. The molecule has 4 nitrogen and oxygen atoms in total. The molecule has 2 unspecified atom stereocenters. The Bertz CT molecular complexity index is 366. The molecule has 0 heterocycles. The molecule has 0 aliphatic heterocycles. The number of esters is 2. The highest BCUT2D eigenvalue weighted by molar-refractivity contribution is 5.72. The minimum Gasteiger partial charge on any atom is -0.458 e. The zero-order chi connectivity index (χ0) is 17.6. The third-order valence-electron chi connectivity index (χ3n) is 3.78. The van der Waals surface area contributed by atoms with Crippen molar-refractivity contribution >= 4 is 11.9 Å². The van der Waals surface area contributed by atoms with E-state index in [1.54, 1.807) is 0 Å². The van der Waals surface area contributed by atoms with E-state index >= 15 is 0 Å². The van der Waals surface area contributed by atoms with Crippen LogP contribution in [0.1, 0.15) is 81.1 Å². The van der Waals surface area contributed by atoms with Crippen molar-refractivity contribution in [3.05, 3.63) is 0 Å². The second-order valence-electron chi connectivity index (χ2n) is 7.67. The van der Waals surface area contributed by atoms with Crippen LogP contribution in [0.5, 0.6) is 0 Å². The quantitative estimate of drug-likeness (QED) is 0.619. The smallest absolute Gasteiger partial charge is 0.309 e. The summed E-state index contributed by atoms with van der Waals surface area (Å²) in [5.74, 6) is -0.628. The predicted octanol–water partition coefficient (Wildman–Crippen LogP) is 4.50. The standard InChI is InChI=1S/C18H34O4/c1-9-11-12-14(19)21-16(17(4,5)6)18(7,8)22-15(20)13(3)10-2/h13,16H,9-12H2,1-8H3. The predicted molar refractivity (Wildman–Crippen MR) is 88.5 cm³/mol. The van der Waals surface area contributed by atoms with Crippen LogP contribution in [0.15, 0.2) is 0 Å². The Morgan fingerprint density at radius 2 is 1.59 bits per heavy atom. The van der Waals surface area contributed by atoms with Gasteiger partial charge in [-0.1, -0.05) is 48.0 Å². The van der Waals surface area contributed by atoms with E-state index in [4.69, 9.17) is 9.47 Å². The van der Waals surface area contributed by atoms with E-state index in [1.807, 2.05) is 55.4 Å². The molecule has 2 atom stereocenters. The van der Waals surface area contributed by atoms with E-state index in [1.165, 1.54) is 0 Å². The van der Waals surface area contributed by atoms with Gasteiger partial charge in [-0.2, -0.15) is 0 Å². The summed E-state index contributed by atoms with van der Waals surface area (Å²) in [6, 6.07) is 0. The fourth-order valence-electron chi connectivity index (χ4n) is 2.45. The van der Waals surface area contributed by atoms with E-state index in [0.29, 0.717) is 6.42 Å². The zero-order valence-corrected chi connectivity index (χ0v) is 15.6. The highest BCUT2D eigenvalue weighted by Crippen LogP contribution is 2.34. The zero-order valence-electron chi connectivity index (χ0n) is 15.6. The number of unbranched alkanes of at least 4 members (excludes halogenated alkanes) is 1. The van der Waals surface area contributed by atoms with E-state index in [0.717, 1.165) is 19.3 Å². The van der Waals surface area contributed by atoms with Crippen molar-refractivity contribution in [2.45, 2.75) is 92.8 Å². The Labute approximate surface area is 135 Å². The molecular weight excluding hydrogens is 280 g/mol. The Balaban J connectivity index is 5.08. The number of carbonyl (C=O) groups is 2. The molecule has 0 fully saturated rings. The fourth-order valence-corrected chi connectivity index (χ4v) is 2.45. The van der Waals surface area contributed by atoms with Gasteiger partial charge in [0.05, 0.1) is 5.92 Å². The summed E-state index contributed by atoms with van der Waals surface area (Å²) < 4.78 is 11.3. The van der Waals surface area contributed by atoms with Gasteiger partial charge in [0.2, 0.25) is 0 Å². The minimum absolute atomic E-state index is 0.157. The lowest BCUT2D eigenvalue weighted by atomic mass is 9.79. The highest BCUT2D eigenvalue weighted by Gasteiger charge is 2.44. The maximum Gasteiger partial charge on any atom is 0.309 e. The van der Waals surface area contributed by atoms with Crippen molar-refractivity contribution in [1.82, 2.24) is 0 Å². The van der Waals surface area contributed by atoms with Gasteiger partial charge in [-0.05, 0) is 26.7 Å². The Hall–Kier alpha value is -1.06. The molecule has 0 saturated carbocycles. The number of hydrogen-bond acceptors (Lipinski definition) is 4. The molecule has 0 bridgehead atoms. The number of hydrogen-bond donors (Lipinski definition) is 0. The van der Waals surface area contributed by atoms with Crippen LogP contribution in [0.25, 0.3) is 0 Å². The molecule has 0 aromatic carbocycles. The van der Waals surface area contributed by atoms with Gasteiger partial charge in [-0.25, -0.2) is 0 Å². The average Bonchev–Trinajstić information content (AvgIpc) is 2.39. The molecule has 22 heavy (non-hydrogen) atoms. The van der Waals surface area contributed by atoms with Gasteiger partial charge in [0.15, 0.2) is 0 Å². The lowest BCUT2D eigenvalue weighted by Crippen LogP contribution is -2.51. The average molecular weight is 314 g/mol. The molecule has 0 aromatic heterocycles. The van der Waals surface area contributed by atoms with Crippen LogP contribution in [0.4, 0.5) is 0 Å². The molecule has 130 valence electrons. The summed E-state index contributed by atoms with van der Waals surface area (Å²) in [7, 11) is 0. The van der Waals surface area contributed by atoms with Crippen LogP contribution >= 0.6 is 0 Å². The Morgan fingerprint density at radius 3 is 2.00 bits per heavy atom. The Kier molecular flexibility index (Phi) is 8.13. The first-order valence-electron chi connectivity index (χ1n) is 8.38. The van der Waals surface area contributed by atoms with Gasteiger partial charge in [-0.15, -0.1) is 0 Å². The maximum absolute atomic E-state index is 12.1. The summed E-state index contributed by atoms with van der Waals surface area (Å²) in [5.41, 5.74) is -1.18. The van der Waals surface area contributed by atoms with Crippen LogP contribution in [0.2, 0.25) is 0 Å². The first-order valence-corrected chi connectivity index (χ1v) is 8.38. The molecule has 0 N–H and O–H groups in total. The van der Waals surface area contributed by atoms with Crippen LogP contribution in [0, 0.1) is 11.3 Å². The molecule has 0 aliphatic carbocycles. The molecular formula is C18H34O4. The van der Waals surface area contributed by atoms with Crippen LogP contribution in [-0.2, 0) is 19.1 Å². The Morgan fingerprint density at radius 1 is 1.05 bits per heavy atom.